The van der Waals surface area contributed by atoms with E-state index in [4.69, 9.17) is 9.92 Å². The quantitative estimate of drug-likeness (QED) is 0.562. The largest absolute Gasteiger partial charge is 0.397 e. The minimum absolute atomic E-state index is 0.104. The monoisotopic (exact) mass is 395 g/mol. The molecule has 0 unspecified atom stereocenters. The predicted molar refractivity (Wildman–Crippen MR) is 86.9 cm³/mol. The van der Waals surface area contributed by atoms with Gasteiger partial charge in [0.1, 0.15) is 0 Å². The van der Waals surface area contributed by atoms with Crippen molar-refractivity contribution in [3.8, 4) is 5.75 Å². The fraction of sp³-hybridized carbons (Fsp3) is 0.167. The number of hydrogen-bond donors (Lipinski definition) is 1. The minimum Gasteiger partial charge on any atom is -0.397 e. The zero-order valence-corrected chi connectivity index (χ0v) is 14.9. The molecule has 9 nitrogen and oxygen atoms in total. The lowest BCUT2D eigenvalue weighted by Gasteiger charge is -2.14. The Balaban J connectivity index is 2.92. The second-order valence-electron chi connectivity index (χ2n) is 4.86. The van der Waals surface area contributed by atoms with Crippen molar-refractivity contribution in [1.29, 1.82) is 0 Å². The molecule has 0 aliphatic heterocycles. The highest BCUT2D eigenvalue weighted by Crippen LogP contribution is 2.39. The summed E-state index contributed by atoms with van der Waals surface area (Å²) in [7, 11) is -13.5. The fourth-order valence-corrected chi connectivity index (χ4v) is 4.83. The molecule has 0 amide bonds. The third-order valence-corrected chi connectivity index (χ3v) is 5.78. The first-order valence-electron chi connectivity index (χ1n) is 6.17. The van der Waals surface area contributed by atoms with Crippen molar-refractivity contribution in [3.63, 3.8) is 0 Å². The van der Waals surface area contributed by atoms with E-state index < -0.39 is 46.7 Å². The molecule has 0 aromatic heterocycles. The van der Waals surface area contributed by atoms with Gasteiger partial charge in [-0.25, -0.2) is 0 Å². The van der Waals surface area contributed by atoms with Crippen molar-refractivity contribution in [1.82, 2.24) is 0 Å². The van der Waals surface area contributed by atoms with Gasteiger partial charge in [0, 0.05) is 5.39 Å². The van der Waals surface area contributed by atoms with E-state index in [1.165, 1.54) is 18.2 Å². The van der Waals surface area contributed by atoms with Crippen LogP contribution in [0, 0.1) is 0 Å². The van der Waals surface area contributed by atoms with E-state index in [-0.39, 0.29) is 5.39 Å². The van der Waals surface area contributed by atoms with Crippen molar-refractivity contribution < 1.29 is 33.1 Å². The molecule has 0 saturated carbocycles. The molecule has 24 heavy (non-hydrogen) atoms. The maximum Gasteiger partial charge on any atom is 0.317 e. The highest BCUT2D eigenvalue weighted by molar-refractivity contribution is 7.99. The number of benzene rings is 2. The zero-order chi connectivity index (χ0) is 18.3. The average Bonchev–Trinajstić information content (AvgIpc) is 2.33. The van der Waals surface area contributed by atoms with Crippen molar-refractivity contribution in [2.24, 2.45) is 0 Å². The smallest absolute Gasteiger partial charge is 0.317 e. The number of anilines is 1. The highest BCUT2D eigenvalue weighted by Gasteiger charge is 2.31. The van der Waals surface area contributed by atoms with Gasteiger partial charge in [0.15, 0.2) is 10.6 Å². The second kappa shape index (κ2) is 5.88. The Morgan fingerprint density at radius 1 is 0.917 bits per heavy atom. The van der Waals surface area contributed by atoms with E-state index in [1.54, 1.807) is 12.1 Å². The van der Waals surface area contributed by atoms with E-state index in [2.05, 4.69) is 3.63 Å². The lowest BCUT2D eigenvalue weighted by atomic mass is 10.1. The molecule has 0 bridgehead atoms. The maximum atomic E-state index is 12.3. The molecule has 0 atom stereocenters. The van der Waals surface area contributed by atoms with Crippen LogP contribution in [0.1, 0.15) is 0 Å². The SMILES string of the molecule is CS(=O)(=O)Oc1c(S(=O)(=O)OS(C)(=O)=O)c(N)cc2ccccc12. The van der Waals surface area contributed by atoms with Gasteiger partial charge in [0.2, 0.25) is 0 Å². The molecule has 0 saturated heterocycles. The molecular formula is C12H13NO8S3. The van der Waals surface area contributed by atoms with Crippen molar-refractivity contribution in [2.75, 3.05) is 18.2 Å². The molecule has 2 rings (SSSR count). The minimum atomic E-state index is -4.95. The first kappa shape index (κ1) is 18.4. The molecule has 132 valence electrons. The predicted octanol–water partition coefficient (Wildman–Crippen LogP) is 0.425. The first-order chi connectivity index (χ1) is 10.8. The van der Waals surface area contributed by atoms with Crippen LogP contribution in [-0.2, 0) is 34.0 Å². The normalized spacial score (nSPS) is 13.1. The second-order valence-corrected chi connectivity index (χ2v) is 9.70. The molecule has 2 aromatic carbocycles. The summed E-state index contributed by atoms with van der Waals surface area (Å²) in [5.41, 5.74) is 5.26. The molecule has 0 radical (unpaired) electrons. The van der Waals surface area contributed by atoms with Crippen LogP contribution in [0.4, 0.5) is 5.69 Å². The Kier molecular flexibility index (Phi) is 4.52. The Morgan fingerprint density at radius 2 is 1.50 bits per heavy atom. The van der Waals surface area contributed by atoms with E-state index in [0.29, 0.717) is 17.9 Å². The molecule has 0 heterocycles. The molecule has 0 spiro atoms. The molecule has 12 heteroatoms. The van der Waals surface area contributed by atoms with Crippen LogP contribution < -0.4 is 9.92 Å². The molecule has 2 aromatic rings. The Labute approximate surface area is 139 Å². The summed E-state index contributed by atoms with van der Waals surface area (Å²) in [6.45, 7) is 0. The van der Waals surface area contributed by atoms with Gasteiger partial charge in [0.25, 0.3) is 10.1 Å². The molecule has 2 N–H and O–H groups in total. The number of fused-ring (bicyclic) bond motifs is 1. The number of rotatable bonds is 5. The van der Waals surface area contributed by atoms with Gasteiger partial charge in [0.05, 0.1) is 18.2 Å². The lowest BCUT2D eigenvalue weighted by molar-refractivity contribution is 0.460. The van der Waals surface area contributed by atoms with Gasteiger partial charge in [-0.05, 0) is 11.5 Å². The van der Waals surface area contributed by atoms with Crippen LogP contribution in [0.5, 0.6) is 5.75 Å². The van der Waals surface area contributed by atoms with Gasteiger partial charge in [-0.1, -0.05) is 24.3 Å². The third-order valence-electron chi connectivity index (χ3n) is 2.68. The van der Waals surface area contributed by atoms with E-state index in [0.717, 1.165) is 0 Å². The lowest BCUT2D eigenvalue weighted by Crippen LogP contribution is -2.17. The molecule has 0 aliphatic carbocycles. The molecule has 0 aliphatic rings. The summed E-state index contributed by atoms with van der Waals surface area (Å²) in [4.78, 5) is -0.878. The van der Waals surface area contributed by atoms with Crippen molar-refractivity contribution in [3.05, 3.63) is 30.3 Å². The zero-order valence-electron chi connectivity index (χ0n) is 12.5. The summed E-state index contributed by atoms with van der Waals surface area (Å²) >= 11 is 0. The Hall–Kier alpha value is -1.89. The molecule has 0 fully saturated rings. The molecular weight excluding hydrogens is 382 g/mol. The van der Waals surface area contributed by atoms with Gasteiger partial charge in [-0.2, -0.15) is 25.3 Å². The summed E-state index contributed by atoms with van der Waals surface area (Å²) in [6, 6.07) is 7.32. The Morgan fingerprint density at radius 3 is 2.04 bits per heavy atom. The van der Waals surface area contributed by atoms with Gasteiger partial charge < -0.3 is 9.92 Å². The maximum absolute atomic E-state index is 12.3. The van der Waals surface area contributed by atoms with Crippen LogP contribution in [-0.4, -0.2) is 37.8 Å². The summed E-state index contributed by atoms with van der Waals surface area (Å²) in [5, 5.41) is 0.500. The topological polar surface area (TPSA) is 147 Å². The van der Waals surface area contributed by atoms with Crippen LogP contribution in [0.25, 0.3) is 10.8 Å². The summed E-state index contributed by atoms with van der Waals surface area (Å²) in [5.74, 6) is -0.628. The van der Waals surface area contributed by atoms with Crippen LogP contribution in [0.3, 0.4) is 0 Å². The van der Waals surface area contributed by atoms with Gasteiger partial charge in [-0.15, -0.1) is 3.63 Å². The van der Waals surface area contributed by atoms with Gasteiger partial charge in [-0.3, -0.25) is 0 Å². The Bertz CT molecular complexity index is 1120. The standard InChI is InChI=1S/C12H13NO8S3/c1-22(14,15)20-11-9-6-4-3-5-8(9)7-10(13)12(11)24(18,19)21-23(2,16)17/h3-7H,13H2,1-2H3. The van der Waals surface area contributed by atoms with Crippen molar-refractivity contribution in [2.45, 2.75) is 4.90 Å². The van der Waals surface area contributed by atoms with Crippen LogP contribution >= 0.6 is 0 Å². The van der Waals surface area contributed by atoms with Crippen molar-refractivity contribution >= 4 is 46.8 Å². The summed E-state index contributed by atoms with van der Waals surface area (Å²) in [6.07, 6.45) is 1.23. The average molecular weight is 395 g/mol. The fourth-order valence-electron chi connectivity index (χ4n) is 2.00. The van der Waals surface area contributed by atoms with E-state index >= 15 is 0 Å². The highest BCUT2D eigenvalue weighted by atomic mass is 32.3. The number of nitrogens with two attached hydrogens (primary N) is 1. The van der Waals surface area contributed by atoms with Crippen LogP contribution in [0.2, 0.25) is 0 Å². The van der Waals surface area contributed by atoms with Crippen LogP contribution in [0.15, 0.2) is 35.2 Å². The van der Waals surface area contributed by atoms with E-state index in [9.17, 15) is 25.3 Å². The third kappa shape index (κ3) is 4.14. The number of hydrogen-bond acceptors (Lipinski definition) is 9. The first-order valence-corrected chi connectivity index (χ1v) is 11.2. The number of nitrogen functional groups attached to an aromatic ring is 1. The summed E-state index contributed by atoms with van der Waals surface area (Å²) < 4.78 is 78.8. The van der Waals surface area contributed by atoms with Gasteiger partial charge >= 0.3 is 20.2 Å². The van der Waals surface area contributed by atoms with E-state index in [1.807, 2.05) is 0 Å².